The molecular weight excluding hydrogens is 336 g/mol. The number of nitrogens with zero attached hydrogens (tertiary/aromatic N) is 3. The molecule has 4 rings (SSSR count). The van der Waals surface area contributed by atoms with E-state index in [-0.39, 0.29) is 11.8 Å². The SMILES string of the molecule is Cc1ccc(-c2ccc(N3CCC(C(=O)NC4CCCC4)CC3)nn2)cc1. The molecule has 0 bridgehead atoms. The van der Waals surface area contributed by atoms with Crippen LogP contribution in [0.1, 0.15) is 44.1 Å². The predicted octanol–water partition coefficient (Wildman–Crippen LogP) is 3.73. The first-order chi connectivity index (χ1) is 13.2. The molecule has 1 amide bonds. The van der Waals surface area contributed by atoms with E-state index < -0.39 is 0 Å². The molecule has 1 aromatic carbocycles. The third kappa shape index (κ3) is 4.29. The Hall–Kier alpha value is -2.43. The Morgan fingerprint density at radius 2 is 1.67 bits per heavy atom. The maximum Gasteiger partial charge on any atom is 0.223 e. The van der Waals surface area contributed by atoms with E-state index in [0.29, 0.717) is 6.04 Å². The summed E-state index contributed by atoms with van der Waals surface area (Å²) in [5.74, 6) is 1.30. The van der Waals surface area contributed by atoms with E-state index in [4.69, 9.17) is 0 Å². The number of hydrogen-bond acceptors (Lipinski definition) is 4. The van der Waals surface area contributed by atoms with Gasteiger partial charge in [0.2, 0.25) is 5.91 Å². The molecule has 5 heteroatoms. The molecule has 0 spiro atoms. The van der Waals surface area contributed by atoms with Gasteiger partial charge in [0.05, 0.1) is 5.69 Å². The second-order valence-electron chi connectivity index (χ2n) is 7.89. The number of carbonyl (C=O) groups is 1. The van der Waals surface area contributed by atoms with Gasteiger partial charge in [-0.2, -0.15) is 0 Å². The predicted molar refractivity (Wildman–Crippen MR) is 108 cm³/mol. The van der Waals surface area contributed by atoms with E-state index in [1.54, 1.807) is 0 Å². The Labute approximate surface area is 161 Å². The molecule has 1 saturated heterocycles. The van der Waals surface area contributed by atoms with Gasteiger partial charge in [-0.3, -0.25) is 4.79 Å². The van der Waals surface area contributed by atoms with Gasteiger partial charge >= 0.3 is 0 Å². The smallest absolute Gasteiger partial charge is 0.223 e. The van der Waals surface area contributed by atoms with Crippen molar-refractivity contribution >= 4 is 11.7 Å². The number of benzene rings is 1. The van der Waals surface area contributed by atoms with Crippen LogP contribution in [0, 0.1) is 12.8 Å². The molecule has 1 aromatic heterocycles. The topological polar surface area (TPSA) is 58.1 Å². The van der Waals surface area contributed by atoms with Crippen LogP contribution in [0.15, 0.2) is 36.4 Å². The van der Waals surface area contributed by atoms with Crippen LogP contribution < -0.4 is 10.2 Å². The van der Waals surface area contributed by atoms with E-state index >= 15 is 0 Å². The highest BCUT2D eigenvalue weighted by Crippen LogP contribution is 2.25. The Balaban J connectivity index is 1.32. The molecule has 2 aromatic rings. The lowest BCUT2D eigenvalue weighted by Crippen LogP contribution is -2.43. The molecule has 2 aliphatic rings. The van der Waals surface area contributed by atoms with Crippen molar-refractivity contribution in [1.82, 2.24) is 15.5 Å². The van der Waals surface area contributed by atoms with Crippen molar-refractivity contribution in [3.8, 4) is 11.3 Å². The average molecular weight is 364 g/mol. The zero-order chi connectivity index (χ0) is 18.6. The largest absolute Gasteiger partial charge is 0.355 e. The Bertz CT molecular complexity index is 758. The summed E-state index contributed by atoms with van der Waals surface area (Å²) in [5.41, 5.74) is 3.22. The summed E-state index contributed by atoms with van der Waals surface area (Å²) in [5, 5.41) is 12.1. The maximum atomic E-state index is 12.5. The number of anilines is 1. The molecule has 1 aliphatic heterocycles. The average Bonchev–Trinajstić information content (AvgIpc) is 3.22. The van der Waals surface area contributed by atoms with Gasteiger partial charge in [-0.25, -0.2) is 0 Å². The van der Waals surface area contributed by atoms with Gasteiger partial charge in [-0.1, -0.05) is 42.7 Å². The highest BCUT2D eigenvalue weighted by Gasteiger charge is 2.28. The summed E-state index contributed by atoms with van der Waals surface area (Å²) >= 11 is 0. The van der Waals surface area contributed by atoms with Crippen molar-refractivity contribution in [2.75, 3.05) is 18.0 Å². The summed E-state index contributed by atoms with van der Waals surface area (Å²) in [6, 6.07) is 12.8. The number of rotatable bonds is 4. The zero-order valence-corrected chi connectivity index (χ0v) is 16.0. The monoisotopic (exact) mass is 364 g/mol. The third-order valence-electron chi connectivity index (χ3n) is 5.89. The van der Waals surface area contributed by atoms with Crippen LogP contribution in [0.3, 0.4) is 0 Å². The van der Waals surface area contributed by atoms with Crippen molar-refractivity contribution in [2.45, 2.75) is 51.5 Å². The fourth-order valence-corrected chi connectivity index (χ4v) is 4.13. The number of carbonyl (C=O) groups excluding carboxylic acids is 1. The lowest BCUT2D eigenvalue weighted by atomic mass is 9.95. The van der Waals surface area contributed by atoms with E-state index in [0.717, 1.165) is 55.8 Å². The molecule has 27 heavy (non-hydrogen) atoms. The normalized spacial score (nSPS) is 18.6. The van der Waals surface area contributed by atoms with Gasteiger partial charge in [0.1, 0.15) is 0 Å². The quantitative estimate of drug-likeness (QED) is 0.898. The molecule has 5 nitrogen and oxygen atoms in total. The highest BCUT2D eigenvalue weighted by molar-refractivity contribution is 5.79. The summed E-state index contributed by atoms with van der Waals surface area (Å²) in [6.07, 6.45) is 6.57. The minimum Gasteiger partial charge on any atom is -0.355 e. The zero-order valence-electron chi connectivity index (χ0n) is 16.0. The Kier molecular flexibility index (Phi) is 5.37. The number of aromatic nitrogens is 2. The first kappa shape index (κ1) is 18.0. The Morgan fingerprint density at radius 3 is 2.30 bits per heavy atom. The fraction of sp³-hybridized carbons (Fsp3) is 0.500. The van der Waals surface area contributed by atoms with Gasteiger partial charge in [-0.05, 0) is 44.7 Å². The van der Waals surface area contributed by atoms with Crippen molar-refractivity contribution in [1.29, 1.82) is 0 Å². The molecule has 1 aliphatic carbocycles. The highest BCUT2D eigenvalue weighted by atomic mass is 16.1. The summed E-state index contributed by atoms with van der Waals surface area (Å²) in [7, 11) is 0. The minimum absolute atomic E-state index is 0.140. The number of piperidine rings is 1. The molecule has 0 atom stereocenters. The lowest BCUT2D eigenvalue weighted by molar-refractivity contribution is -0.126. The van der Waals surface area contributed by atoms with Crippen LogP contribution in [0.5, 0.6) is 0 Å². The van der Waals surface area contributed by atoms with E-state index in [9.17, 15) is 4.79 Å². The second kappa shape index (κ2) is 8.07. The molecular formula is C22H28N4O. The standard InChI is InChI=1S/C22H28N4O/c1-16-6-8-17(9-7-16)20-10-11-21(25-24-20)26-14-12-18(13-15-26)22(27)23-19-4-2-3-5-19/h6-11,18-19H,2-5,12-15H2,1H3,(H,23,27). The summed E-state index contributed by atoms with van der Waals surface area (Å²) in [6.45, 7) is 3.80. The van der Waals surface area contributed by atoms with Crippen LogP contribution in [0.2, 0.25) is 0 Å². The number of amides is 1. The molecule has 1 N–H and O–H groups in total. The first-order valence-corrected chi connectivity index (χ1v) is 10.1. The van der Waals surface area contributed by atoms with Crippen molar-refractivity contribution in [3.63, 3.8) is 0 Å². The summed E-state index contributed by atoms with van der Waals surface area (Å²) in [4.78, 5) is 14.7. The van der Waals surface area contributed by atoms with Crippen LogP contribution in [-0.2, 0) is 4.79 Å². The minimum atomic E-state index is 0.140. The molecule has 2 fully saturated rings. The van der Waals surface area contributed by atoms with Gasteiger partial charge in [-0.15, -0.1) is 10.2 Å². The van der Waals surface area contributed by atoms with Crippen molar-refractivity contribution in [3.05, 3.63) is 42.0 Å². The van der Waals surface area contributed by atoms with E-state index in [2.05, 4.69) is 51.6 Å². The van der Waals surface area contributed by atoms with Crippen molar-refractivity contribution in [2.24, 2.45) is 5.92 Å². The molecule has 0 radical (unpaired) electrons. The van der Waals surface area contributed by atoms with Gasteiger partial charge in [0.25, 0.3) is 0 Å². The summed E-state index contributed by atoms with van der Waals surface area (Å²) < 4.78 is 0. The van der Waals surface area contributed by atoms with E-state index in [1.807, 2.05) is 12.1 Å². The lowest BCUT2D eigenvalue weighted by Gasteiger charge is -2.32. The first-order valence-electron chi connectivity index (χ1n) is 10.1. The molecule has 142 valence electrons. The molecule has 2 heterocycles. The van der Waals surface area contributed by atoms with Crippen LogP contribution >= 0.6 is 0 Å². The van der Waals surface area contributed by atoms with Crippen LogP contribution in [-0.4, -0.2) is 35.2 Å². The number of nitrogens with one attached hydrogen (secondary N) is 1. The van der Waals surface area contributed by atoms with Gasteiger partial charge in [0.15, 0.2) is 5.82 Å². The number of aryl methyl sites for hydroxylation is 1. The number of hydrogen-bond donors (Lipinski definition) is 1. The van der Waals surface area contributed by atoms with Crippen LogP contribution in [0.4, 0.5) is 5.82 Å². The van der Waals surface area contributed by atoms with Gasteiger partial charge in [0, 0.05) is 30.6 Å². The van der Waals surface area contributed by atoms with Crippen LogP contribution in [0.25, 0.3) is 11.3 Å². The Morgan fingerprint density at radius 1 is 0.963 bits per heavy atom. The second-order valence-corrected chi connectivity index (χ2v) is 7.89. The van der Waals surface area contributed by atoms with E-state index in [1.165, 1.54) is 18.4 Å². The van der Waals surface area contributed by atoms with Crippen molar-refractivity contribution < 1.29 is 4.79 Å². The maximum absolute atomic E-state index is 12.5. The fourth-order valence-electron chi connectivity index (χ4n) is 4.13. The molecule has 1 saturated carbocycles. The third-order valence-corrected chi connectivity index (χ3v) is 5.89. The molecule has 0 unspecified atom stereocenters. The van der Waals surface area contributed by atoms with Gasteiger partial charge < -0.3 is 10.2 Å².